The Balaban J connectivity index is 2.06. The highest BCUT2D eigenvalue weighted by atomic mass is 32.2. The van der Waals surface area contributed by atoms with Gasteiger partial charge in [0, 0.05) is 29.1 Å². The fourth-order valence-corrected chi connectivity index (χ4v) is 3.32. The second-order valence-corrected chi connectivity index (χ2v) is 5.12. The van der Waals surface area contributed by atoms with Crippen LogP contribution in [-0.2, 0) is 17.0 Å². The van der Waals surface area contributed by atoms with Crippen molar-refractivity contribution in [2.45, 2.75) is 18.6 Å². The summed E-state index contributed by atoms with van der Waals surface area (Å²) in [5, 5.41) is 0. The Hall–Kier alpha value is -1.28. The Morgan fingerprint density at radius 1 is 1.12 bits per heavy atom. The number of allylic oxidation sites excluding steroid dienone is 3. The summed E-state index contributed by atoms with van der Waals surface area (Å²) in [6.45, 7) is 0. The second-order valence-electron chi connectivity index (χ2n) is 4.11. The third-order valence-electron chi connectivity index (χ3n) is 3.08. The molecule has 0 bridgehead atoms. The molecule has 1 aromatic carbocycles. The van der Waals surface area contributed by atoms with Crippen LogP contribution in [0.1, 0.15) is 17.5 Å². The van der Waals surface area contributed by atoms with Crippen molar-refractivity contribution in [2.24, 2.45) is 0 Å². The van der Waals surface area contributed by atoms with Crippen LogP contribution in [0.25, 0.3) is 0 Å². The largest absolute Gasteiger partial charge is 0.294 e. The van der Waals surface area contributed by atoms with Gasteiger partial charge < -0.3 is 0 Å². The summed E-state index contributed by atoms with van der Waals surface area (Å²) in [5.74, 6) is 1.27. The smallest absolute Gasteiger partial charge is 0.164 e. The van der Waals surface area contributed by atoms with Crippen molar-refractivity contribution < 1.29 is 4.79 Å². The van der Waals surface area contributed by atoms with Crippen LogP contribution in [0, 0.1) is 0 Å². The van der Waals surface area contributed by atoms with Gasteiger partial charge in [-0.15, -0.1) is 11.8 Å². The number of carbonyl (C=O) groups excluding carboxylic acids is 1. The Labute approximate surface area is 99.2 Å². The molecule has 0 unspecified atom stereocenters. The lowest BCUT2D eigenvalue weighted by atomic mass is 9.94. The van der Waals surface area contributed by atoms with E-state index in [4.69, 9.17) is 0 Å². The highest BCUT2D eigenvalue weighted by molar-refractivity contribution is 8.02. The molecule has 3 rings (SSSR count). The maximum Gasteiger partial charge on any atom is 0.164 e. The molecule has 1 heterocycles. The molecule has 16 heavy (non-hydrogen) atoms. The molecule has 0 amide bonds. The molecule has 0 fully saturated rings. The highest BCUT2D eigenvalue weighted by Crippen LogP contribution is 2.35. The summed E-state index contributed by atoms with van der Waals surface area (Å²) in [4.78, 5) is 13.0. The lowest BCUT2D eigenvalue weighted by Crippen LogP contribution is -2.08. The molecule has 0 saturated carbocycles. The van der Waals surface area contributed by atoms with E-state index in [0.29, 0.717) is 12.2 Å². The van der Waals surface area contributed by atoms with Gasteiger partial charge in [-0.25, -0.2) is 0 Å². The van der Waals surface area contributed by atoms with Crippen LogP contribution in [-0.4, -0.2) is 5.78 Å². The Bertz CT molecular complexity index is 511. The molecule has 2 heteroatoms. The first-order valence-corrected chi connectivity index (χ1v) is 6.45. The van der Waals surface area contributed by atoms with Crippen LogP contribution in [0.5, 0.6) is 0 Å². The molecule has 1 aliphatic carbocycles. The Morgan fingerprint density at radius 3 is 2.81 bits per heavy atom. The fraction of sp³-hybridized carbons (Fsp3) is 0.214. The van der Waals surface area contributed by atoms with E-state index in [0.717, 1.165) is 17.7 Å². The van der Waals surface area contributed by atoms with Gasteiger partial charge in [0.25, 0.3) is 0 Å². The zero-order valence-corrected chi connectivity index (χ0v) is 9.72. The second kappa shape index (κ2) is 3.95. The first-order valence-electron chi connectivity index (χ1n) is 5.47. The number of hydrogen-bond acceptors (Lipinski definition) is 2. The summed E-state index contributed by atoms with van der Waals surface area (Å²) >= 11 is 1.79. The van der Waals surface area contributed by atoms with Gasteiger partial charge in [0.1, 0.15) is 0 Å². The van der Waals surface area contributed by atoms with Crippen LogP contribution in [0.4, 0.5) is 0 Å². The zero-order valence-electron chi connectivity index (χ0n) is 8.90. The molecular formula is C14H12OS. The number of carbonyl (C=O) groups is 1. The van der Waals surface area contributed by atoms with Gasteiger partial charge >= 0.3 is 0 Å². The number of rotatable bonds is 0. The van der Waals surface area contributed by atoms with Crippen LogP contribution in [0.15, 0.2) is 46.9 Å². The molecule has 0 atom stereocenters. The quantitative estimate of drug-likeness (QED) is 0.678. The number of Topliss-reactive ketones (excluding diaryl/α,β-unsaturated/α-hetero) is 1. The normalized spacial score (nSPS) is 19.1. The van der Waals surface area contributed by atoms with E-state index < -0.39 is 0 Å². The lowest BCUT2D eigenvalue weighted by Gasteiger charge is -2.11. The van der Waals surface area contributed by atoms with Gasteiger partial charge in [-0.2, -0.15) is 0 Å². The zero-order chi connectivity index (χ0) is 11.0. The molecule has 1 aromatic rings. The number of fused-ring (bicyclic) bond motifs is 1. The van der Waals surface area contributed by atoms with Crippen molar-refractivity contribution in [3.05, 3.63) is 58.0 Å². The van der Waals surface area contributed by atoms with Gasteiger partial charge in [-0.05, 0) is 11.1 Å². The summed E-state index contributed by atoms with van der Waals surface area (Å²) < 4.78 is 0. The molecule has 0 saturated heterocycles. The van der Waals surface area contributed by atoms with Crippen molar-refractivity contribution >= 4 is 17.5 Å². The molecule has 2 aliphatic rings. The van der Waals surface area contributed by atoms with Crippen molar-refractivity contribution in [1.82, 2.24) is 0 Å². The van der Waals surface area contributed by atoms with E-state index in [2.05, 4.69) is 30.3 Å². The number of ketones is 1. The molecule has 0 aromatic heterocycles. The van der Waals surface area contributed by atoms with E-state index in [1.165, 1.54) is 16.0 Å². The average Bonchev–Trinajstić information content (AvgIpc) is 2.50. The van der Waals surface area contributed by atoms with Gasteiger partial charge in [0.2, 0.25) is 0 Å². The van der Waals surface area contributed by atoms with Gasteiger partial charge in [-0.1, -0.05) is 36.4 Å². The van der Waals surface area contributed by atoms with Crippen molar-refractivity contribution in [1.29, 1.82) is 0 Å². The Kier molecular flexibility index (Phi) is 2.44. The van der Waals surface area contributed by atoms with E-state index in [1.807, 2.05) is 6.08 Å². The van der Waals surface area contributed by atoms with E-state index in [-0.39, 0.29) is 0 Å². The summed E-state index contributed by atoms with van der Waals surface area (Å²) in [5.41, 5.74) is 3.68. The minimum absolute atomic E-state index is 0.293. The maximum atomic E-state index is 11.9. The summed E-state index contributed by atoms with van der Waals surface area (Å²) in [6.07, 6.45) is 5.46. The average molecular weight is 228 g/mol. The Morgan fingerprint density at radius 2 is 1.94 bits per heavy atom. The SMILES string of the molecule is O=C1CC=CC2=C1Cc1ccccc1CS2. The van der Waals surface area contributed by atoms with Crippen molar-refractivity contribution in [2.75, 3.05) is 0 Å². The molecule has 1 nitrogen and oxygen atoms in total. The standard InChI is InChI=1S/C14H12OS/c15-13-6-3-7-14-12(13)8-10-4-1-2-5-11(10)9-16-14/h1-5,7H,6,8-9H2. The topological polar surface area (TPSA) is 17.1 Å². The van der Waals surface area contributed by atoms with E-state index in [1.54, 1.807) is 11.8 Å². The minimum Gasteiger partial charge on any atom is -0.294 e. The van der Waals surface area contributed by atoms with Crippen molar-refractivity contribution in [3.8, 4) is 0 Å². The number of hydrogen-bond donors (Lipinski definition) is 0. The molecule has 0 spiro atoms. The molecule has 0 radical (unpaired) electrons. The third-order valence-corrected chi connectivity index (χ3v) is 4.22. The van der Waals surface area contributed by atoms with Crippen LogP contribution in [0.2, 0.25) is 0 Å². The predicted molar refractivity (Wildman–Crippen MR) is 67.2 cm³/mol. The van der Waals surface area contributed by atoms with Crippen LogP contribution in [0.3, 0.4) is 0 Å². The first kappa shape index (κ1) is 9.91. The molecular weight excluding hydrogens is 216 g/mol. The van der Waals surface area contributed by atoms with E-state index >= 15 is 0 Å². The first-order chi connectivity index (χ1) is 7.84. The van der Waals surface area contributed by atoms with Crippen LogP contribution >= 0.6 is 11.8 Å². The van der Waals surface area contributed by atoms with E-state index in [9.17, 15) is 4.79 Å². The monoisotopic (exact) mass is 228 g/mol. The summed E-state index contributed by atoms with van der Waals surface area (Å²) in [7, 11) is 0. The molecule has 80 valence electrons. The highest BCUT2D eigenvalue weighted by Gasteiger charge is 2.21. The number of thioether (sulfide) groups is 1. The predicted octanol–water partition coefficient (Wildman–Crippen LogP) is 3.26. The molecule has 1 aliphatic heterocycles. The third kappa shape index (κ3) is 1.63. The van der Waals surface area contributed by atoms with Gasteiger partial charge in [0.15, 0.2) is 5.78 Å². The summed E-state index contributed by atoms with van der Waals surface area (Å²) in [6, 6.07) is 8.42. The molecule has 0 N–H and O–H groups in total. The minimum atomic E-state index is 0.293. The van der Waals surface area contributed by atoms with Crippen molar-refractivity contribution in [3.63, 3.8) is 0 Å². The number of benzene rings is 1. The maximum absolute atomic E-state index is 11.9. The van der Waals surface area contributed by atoms with Crippen LogP contribution < -0.4 is 0 Å². The fourth-order valence-electron chi connectivity index (χ4n) is 2.17. The lowest BCUT2D eigenvalue weighted by molar-refractivity contribution is -0.115. The van der Waals surface area contributed by atoms with Gasteiger partial charge in [0.05, 0.1) is 0 Å². The van der Waals surface area contributed by atoms with Gasteiger partial charge in [-0.3, -0.25) is 4.79 Å².